The van der Waals surface area contributed by atoms with Gasteiger partial charge in [0.1, 0.15) is 11.0 Å². The minimum absolute atomic E-state index is 0.0455. The normalized spacial score (nSPS) is 14.8. The molecule has 7 heteroatoms. The number of rotatable bonds is 8. The molecule has 1 unspecified atom stereocenters. The first kappa shape index (κ1) is 19.5. The molecule has 27 heavy (non-hydrogen) atoms. The van der Waals surface area contributed by atoms with Gasteiger partial charge in [-0.15, -0.1) is 0 Å². The van der Waals surface area contributed by atoms with Crippen LogP contribution in [0.25, 0.3) is 10.8 Å². The number of aliphatic carboxylic acids is 1. The summed E-state index contributed by atoms with van der Waals surface area (Å²) in [5.41, 5.74) is 0.500. The topological polar surface area (TPSA) is 86.7 Å². The number of carboxylic acid groups (broad SMARTS) is 1. The van der Waals surface area contributed by atoms with Gasteiger partial charge in [-0.1, -0.05) is 26.0 Å². The second-order valence-electron chi connectivity index (χ2n) is 6.74. The van der Waals surface area contributed by atoms with Crippen LogP contribution in [0.2, 0.25) is 0 Å². The molecule has 0 spiro atoms. The molecule has 2 aromatic carbocycles. The number of carbonyl (C=O) groups is 2. The second-order valence-corrected chi connectivity index (χ2v) is 8.01. The summed E-state index contributed by atoms with van der Waals surface area (Å²) in [5.74, 6) is -0.933. The molecular weight excluding hydrogens is 364 g/mol. The lowest BCUT2D eigenvalue weighted by atomic mass is 9.83. The van der Waals surface area contributed by atoms with Crippen LogP contribution in [-0.2, 0) is 15.8 Å². The van der Waals surface area contributed by atoms with Crippen molar-refractivity contribution in [3.63, 3.8) is 0 Å². The van der Waals surface area contributed by atoms with Crippen LogP contribution in [0.3, 0.4) is 0 Å². The highest BCUT2D eigenvalue weighted by atomic mass is 32.2. The summed E-state index contributed by atoms with van der Waals surface area (Å²) < 4.78 is 15.8. The Hall–Kier alpha value is -2.25. The molecule has 0 saturated heterocycles. The lowest BCUT2D eigenvalue weighted by Crippen LogP contribution is -2.40. The van der Waals surface area contributed by atoms with Gasteiger partial charge in [-0.2, -0.15) is 0 Å². The molecule has 1 amide bonds. The molecule has 0 aromatic heterocycles. The molecule has 144 valence electrons. The molecule has 0 aliphatic carbocycles. The third-order valence-corrected chi connectivity index (χ3v) is 6.77. The smallest absolute Gasteiger partial charge is 0.310 e. The van der Waals surface area contributed by atoms with Crippen LogP contribution in [0.4, 0.5) is 5.69 Å². The Balaban J connectivity index is 1.97. The number of nitrogens with one attached hydrogen (secondary N) is 1. The molecule has 1 aliphatic rings. The van der Waals surface area contributed by atoms with Crippen molar-refractivity contribution < 1.29 is 18.9 Å². The fraction of sp³-hybridized carbons (Fsp3) is 0.400. The maximum absolute atomic E-state index is 12.9. The predicted octanol–water partition coefficient (Wildman–Crippen LogP) is 3.32. The van der Waals surface area contributed by atoms with Gasteiger partial charge in [-0.05, 0) is 38.0 Å². The maximum atomic E-state index is 12.9. The summed E-state index contributed by atoms with van der Waals surface area (Å²) in [6.07, 6.45) is 0.902. The molecule has 1 aliphatic heterocycles. The quantitative estimate of drug-likeness (QED) is 0.726. The fourth-order valence-electron chi connectivity index (χ4n) is 3.65. The van der Waals surface area contributed by atoms with Crippen LogP contribution in [0, 0.1) is 5.41 Å². The van der Waals surface area contributed by atoms with E-state index in [1.807, 2.05) is 32.9 Å². The highest BCUT2D eigenvalue weighted by Crippen LogP contribution is 2.39. The van der Waals surface area contributed by atoms with E-state index in [-0.39, 0.29) is 12.5 Å². The fourth-order valence-corrected chi connectivity index (χ4v) is 4.78. The summed E-state index contributed by atoms with van der Waals surface area (Å²) in [5, 5.41) is 11.1. The van der Waals surface area contributed by atoms with E-state index in [1.165, 1.54) is 0 Å². The number of hydrogen-bond acceptors (Lipinski definition) is 3. The highest BCUT2D eigenvalue weighted by molar-refractivity contribution is 7.83. The number of carbonyl (C=O) groups excluding carboxylic acids is 1. The number of carboxylic acids is 1. The number of benzene rings is 2. The lowest BCUT2D eigenvalue weighted by Gasteiger charge is -2.26. The zero-order chi connectivity index (χ0) is 19.8. The van der Waals surface area contributed by atoms with Crippen LogP contribution in [0.1, 0.15) is 44.0 Å². The Morgan fingerprint density at radius 1 is 1.19 bits per heavy atom. The van der Waals surface area contributed by atoms with E-state index in [0.29, 0.717) is 29.8 Å². The molecule has 1 heterocycles. The first-order valence-corrected chi connectivity index (χ1v) is 10.3. The summed E-state index contributed by atoms with van der Waals surface area (Å²) in [7, 11) is -1.58. The van der Waals surface area contributed by atoms with E-state index in [9.17, 15) is 18.9 Å². The Labute approximate surface area is 161 Å². The van der Waals surface area contributed by atoms with E-state index in [1.54, 1.807) is 23.1 Å². The minimum atomic E-state index is -1.58. The molecule has 3 rings (SSSR count). The van der Waals surface area contributed by atoms with Gasteiger partial charge in [0.15, 0.2) is 0 Å². The molecule has 6 nitrogen and oxygen atoms in total. The molecule has 0 bridgehead atoms. The third-order valence-electron chi connectivity index (χ3n) is 5.61. The number of nitrogens with zero attached hydrogens (tertiary/aromatic N) is 1. The molecule has 1 atom stereocenters. The van der Waals surface area contributed by atoms with E-state index in [2.05, 4.69) is 4.72 Å². The lowest BCUT2D eigenvalue weighted by molar-refractivity contribution is -0.149. The van der Waals surface area contributed by atoms with Crippen LogP contribution >= 0.6 is 0 Å². The second kappa shape index (κ2) is 7.40. The van der Waals surface area contributed by atoms with E-state index in [0.717, 1.165) is 16.5 Å². The number of amides is 1. The van der Waals surface area contributed by atoms with Gasteiger partial charge >= 0.3 is 5.97 Å². The van der Waals surface area contributed by atoms with Gasteiger partial charge in [-0.25, -0.2) is 8.93 Å². The highest BCUT2D eigenvalue weighted by Gasteiger charge is 2.35. The predicted molar refractivity (Wildman–Crippen MR) is 106 cm³/mol. The van der Waals surface area contributed by atoms with Crippen LogP contribution in [0.5, 0.6) is 0 Å². The SMILES string of the molecule is CCN1C(=O)c2cccc3c(S(=O)NCC(CC)(CC)C(=O)O)ccc1c23. The first-order valence-electron chi connectivity index (χ1n) is 9.16. The summed E-state index contributed by atoms with van der Waals surface area (Å²) in [6.45, 7) is 6.25. The van der Waals surface area contributed by atoms with Gasteiger partial charge in [0.05, 0.1) is 16.0 Å². The van der Waals surface area contributed by atoms with E-state index >= 15 is 0 Å². The average molecular weight is 388 g/mol. The largest absolute Gasteiger partial charge is 0.481 e. The van der Waals surface area contributed by atoms with Crippen LogP contribution in [0.15, 0.2) is 35.2 Å². The third kappa shape index (κ3) is 3.04. The molecule has 0 saturated carbocycles. The van der Waals surface area contributed by atoms with Crippen LogP contribution < -0.4 is 9.62 Å². The van der Waals surface area contributed by atoms with E-state index < -0.39 is 22.4 Å². The zero-order valence-corrected chi connectivity index (χ0v) is 16.6. The zero-order valence-electron chi connectivity index (χ0n) is 15.7. The van der Waals surface area contributed by atoms with Crippen molar-refractivity contribution in [3.8, 4) is 0 Å². The van der Waals surface area contributed by atoms with Crippen molar-refractivity contribution in [3.05, 3.63) is 35.9 Å². The number of anilines is 1. The molecular formula is C20H24N2O4S. The molecule has 0 fully saturated rings. The van der Waals surface area contributed by atoms with Crippen molar-refractivity contribution in [2.45, 2.75) is 38.5 Å². The first-order chi connectivity index (χ1) is 12.9. The van der Waals surface area contributed by atoms with Crippen molar-refractivity contribution in [1.29, 1.82) is 0 Å². The molecule has 2 aromatic rings. The van der Waals surface area contributed by atoms with Crippen molar-refractivity contribution in [2.24, 2.45) is 5.41 Å². The van der Waals surface area contributed by atoms with Crippen LogP contribution in [-0.4, -0.2) is 34.3 Å². The molecule has 2 N–H and O–H groups in total. The summed E-state index contributed by atoms with van der Waals surface area (Å²) in [4.78, 5) is 26.5. The number of hydrogen-bond donors (Lipinski definition) is 2. The Morgan fingerprint density at radius 3 is 2.48 bits per heavy atom. The minimum Gasteiger partial charge on any atom is -0.481 e. The maximum Gasteiger partial charge on any atom is 0.310 e. The average Bonchev–Trinajstić information content (AvgIpc) is 2.96. The van der Waals surface area contributed by atoms with Gasteiger partial charge in [0, 0.05) is 29.4 Å². The summed E-state index contributed by atoms with van der Waals surface area (Å²) in [6, 6.07) is 9.01. The Bertz CT molecular complexity index is 937. The molecule has 0 radical (unpaired) electrons. The summed E-state index contributed by atoms with van der Waals surface area (Å²) >= 11 is 0. The van der Waals surface area contributed by atoms with Crippen molar-refractivity contribution in [2.75, 3.05) is 18.0 Å². The van der Waals surface area contributed by atoms with Gasteiger partial charge in [-0.3, -0.25) is 9.59 Å². The Morgan fingerprint density at radius 2 is 1.89 bits per heavy atom. The monoisotopic (exact) mass is 388 g/mol. The standard InChI is InChI=1S/C20H24N2O4S/c1-4-20(5-2,19(24)25)12-21-27(26)16-11-10-15-17-13(16)8-7-9-14(17)18(23)22(15)6-3/h7-11,21H,4-6,12H2,1-3H3,(H,24,25). The Kier molecular flexibility index (Phi) is 5.35. The van der Waals surface area contributed by atoms with Crippen molar-refractivity contribution >= 4 is 39.3 Å². The van der Waals surface area contributed by atoms with Gasteiger partial charge < -0.3 is 10.0 Å². The van der Waals surface area contributed by atoms with E-state index in [4.69, 9.17) is 0 Å². The van der Waals surface area contributed by atoms with Gasteiger partial charge in [0.25, 0.3) is 5.91 Å². The van der Waals surface area contributed by atoms with Crippen molar-refractivity contribution in [1.82, 2.24) is 4.72 Å². The van der Waals surface area contributed by atoms with Gasteiger partial charge in [0.2, 0.25) is 0 Å².